The number of fused-ring (bicyclic) bond motifs is 1. The number of aliphatic hydroxyl groups excluding tert-OH is 9. The Labute approximate surface area is 298 Å². The molecule has 20 nitrogen and oxygen atoms in total. The summed E-state index contributed by atoms with van der Waals surface area (Å²) in [5, 5.41) is 104. The normalized spacial score (nSPS) is 48.4. The van der Waals surface area contributed by atoms with Crippen LogP contribution in [0, 0.1) is 11.8 Å². The molecule has 0 spiro atoms. The van der Waals surface area contributed by atoms with E-state index in [-0.39, 0.29) is 25.2 Å². The smallest absolute Gasteiger partial charge is 0.317 e. The summed E-state index contributed by atoms with van der Waals surface area (Å²) in [4.78, 5) is 22.6. The number of hydrogen-bond donors (Lipinski definition) is 10. The number of aliphatic hydroxyl groups is 11. The number of rotatable bonds is 12. The first-order chi connectivity index (χ1) is 24.7. The number of carboxylic acid groups (broad SMARTS) is 1. The first-order valence-electron chi connectivity index (χ1n) is 17.5. The van der Waals surface area contributed by atoms with E-state index in [0.29, 0.717) is 12.8 Å². The molecule has 11 N–H and O–H groups in total. The number of carbonyl (C=O) groups is 2. The van der Waals surface area contributed by atoms with Crippen molar-refractivity contribution in [1.29, 1.82) is 0 Å². The van der Waals surface area contributed by atoms with Gasteiger partial charge in [-0.3, -0.25) is 9.59 Å². The van der Waals surface area contributed by atoms with Gasteiger partial charge in [0.05, 0.1) is 36.9 Å². The molecular weight excluding hydrogens is 704 g/mol. The van der Waals surface area contributed by atoms with Crippen molar-refractivity contribution in [3.63, 3.8) is 0 Å². The molecule has 300 valence electrons. The lowest BCUT2D eigenvalue weighted by Gasteiger charge is -2.50. The molecule has 52 heavy (non-hydrogen) atoms. The maximum atomic E-state index is 11.8. The van der Waals surface area contributed by atoms with Gasteiger partial charge >= 0.3 is 11.9 Å². The topological polar surface area (TPSA) is 314 Å². The third-order valence-electron chi connectivity index (χ3n) is 11.0. The molecule has 3 heterocycles. The summed E-state index contributed by atoms with van der Waals surface area (Å²) < 4.78 is 45.0. The van der Waals surface area contributed by atoms with Crippen molar-refractivity contribution in [3.8, 4) is 0 Å². The van der Waals surface area contributed by atoms with Crippen LogP contribution in [0.3, 0.4) is 0 Å². The van der Waals surface area contributed by atoms with Crippen molar-refractivity contribution >= 4 is 11.9 Å². The molecule has 5 aliphatic rings. The Balaban J connectivity index is 1.38. The van der Waals surface area contributed by atoms with Gasteiger partial charge in [-0.1, -0.05) is 0 Å². The molecule has 2 saturated carbocycles. The average Bonchev–Trinajstić information content (AvgIpc) is 3.11. The minimum absolute atomic E-state index is 0.0186. The van der Waals surface area contributed by atoms with Crippen molar-refractivity contribution in [3.05, 3.63) is 0 Å². The van der Waals surface area contributed by atoms with Gasteiger partial charge in [0.25, 0.3) is 0 Å². The number of aliphatic carboxylic acids is 1. The lowest BCUT2D eigenvalue weighted by atomic mass is 9.72. The molecule has 0 radical (unpaired) electrons. The first kappa shape index (κ1) is 41.5. The van der Waals surface area contributed by atoms with Crippen LogP contribution in [0.2, 0.25) is 0 Å². The third-order valence-corrected chi connectivity index (χ3v) is 11.0. The molecule has 0 aromatic heterocycles. The highest BCUT2D eigenvalue weighted by Crippen LogP contribution is 2.44. The highest BCUT2D eigenvalue weighted by molar-refractivity contribution is 5.90. The van der Waals surface area contributed by atoms with Gasteiger partial charge in [0.2, 0.25) is 0 Å². The maximum absolute atomic E-state index is 11.8. The molecule has 5 fully saturated rings. The Morgan fingerprint density at radius 2 is 1.23 bits per heavy atom. The first-order valence-corrected chi connectivity index (χ1v) is 17.5. The van der Waals surface area contributed by atoms with Crippen LogP contribution < -0.4 is 0 Å². The van der Waals surface area contributed by atoms with E-state index in [0.717, 1.165) is 0 Å². The predicted molar refractivity (Wildman–Crippen MR) is 167 cm³/mol. The number of esters is 1. The molecule has 0 amide bonds. The molecule has 0 aromatic carbocycles. The lowest BCUT2D eigenvalue weighted by Crippen LogP contribution is -2.64. The van der Waals surface area contributed by atoms with Gasteiger partial charge in [-0.15, -0.1) is 0 Å². The van der Waals surface area contributed by atoms with Crippen molar-refractivity contribution in [2.75, 3.05) is 27.4 Å². The summed E-state index contributed by atoms with van der Waals surface area (Å²) >= 11 is 0. The van der Waals surface area contributed by atoms with E-state index in [2.05, 4.69) is 0 Å². The van der Waals surface area contributed by atoms with Crippen LogP contribution in [0.15, 0.2) is 0 Å². The Hall–Kier alpha value is -1.70. The molecule has 5 rings (SSSR count). The molecule has 3 saturated heterocycles. The molecule has 0 aromatic rings. The fourth-order valence-corrected chi connectivity index (χ4v) is 8.17. The fraction of sp³-hybridized carbons (Fsp3) is 0.938. The Morgan fingerprint density at radius 3 is 1.79 bits per heavy atom. The Morgan fingerprint density at radius 1 is 0.673 bits per heavy atom. The fourth-order valence-electron chi connectivity index (χ4n) is 8.17. The van der Waals surface area contributed by atoms with E-state index in [1.807, 2.05) is 0 Å². The second-order valence-electron chi connectivity index (χ2n) is 14.3. The second-order valence-corrected chi connectivity index (χ2v) is 14.3. The van der Waals surface area contributed by atoms with Crippen LogP contribution in [0.25, 0.3) is 0 Å². The van der Waals surface area contributed by atoms with Gasteiger partial charge in [-0.05, 0) is 19.3 Å². The van der Waals surface area contributed by atoms with E-state index in [4.69, 9.17) is 43.0 Å². The highest BCUT2D eigenvalue weighted by atomic mass is 16.7. The summed E-state index contributed by atoms with van der Waals surface area (Å²) in [6, 6.07) is 0. The molecular formula is C32H53O20+. The minimum Gasteiger partial charge on any atom is -0.481 e. The molecule has 18 atom stereocenters. The number of methoxy groups -OCH3 is 2. The largest absolute Gasteiger partial charge is 0.481 e. The lowest BCUT2D eigenvalue weighted by molar-refractivity contribution is -0.368. The van der Waals surface area contributed by atoms with Crippen LogP contribution in [0.1, 0.15) is 38.5 Å². The molecule has 0 bridgehead atoms. The maximum Gasteiger partial charge on any atom is 0.317 e. The van der Waals surface area contributed by atoms with Gasteiger partial charge in [-0.25, -0.2) is 0 Å². The quantitative estimate of drug-likeness (QED) is 0.0505. The SMILES string of the molecule is COC1CC(C2[OH+]C3CC(O)CC(OC4OC(COC(=O)CC(=O)O)C(O)C(O)C4O)C3CC2OC2OC(CO)C(O)C(O)C2O)CC(OC)C1O. The van der Waals surface area contributed by atoms with Crippen LogP contribution in [0.4, 0.5) is 0 Å². The predicted octanol–water partition coefficient (Wildman–Crippen LogP) is -5.38. The standard InChI is InChI=1S/C32H52O20/c1-45-16-3-11(4-17(46-2)23(16)38)30-18(50-32-28(43)26(41)24(39)19(9-33)51-32)7-13-14(48-30)5-12(34)6-15(13)49-31-29(44)27(42)25(40)20(52-31)10-47-22(37)8-21(35)36/h11-20,23-34,38-44H,3-10H2,1-2H3,(H,35,36)/p+1. The number of carboxylic acids is 1. The van der Waals surface area contributed by atoms with Crippen molar-refractivity contribution in [1.82, 2.24) is 0 Å². The minimum atomic E-state index is -1.82. The van der Waals surface area contributed by atoms with E-state index >= 15 is 0 Å². The summed E-state index contributed by atoms with van der Waals surface area (Å²) in [5.74, 6) is -3.43. The van der Waals surface area contributed by atoms with Crippen LogP contribution in [0.5, 0.6) is 0 Å². The van der Waals surface area contributed by atoms with Crippen LogP contribution in [-0.4, -0.2) is 205 Å². The van der Waals surface area contributed by atoms with Gasteiger partial charge < -0.3 is 89.0 Å². The zero-order valence-corrected chi connectivity index (χ0v) is 28.8. The molecule has 18 unspecified atom stereocenters. The number of hydrogen-bond acceptors (Lipinski definition) is 18. The highest BCUT2D eigenvalue weighted by Gasteiger charge is 2.57. The van der Waals surface area contributed by atoms with Crippen molar-refractivity contribution in [2.45, 2.75) is 149 Å². The van der Waals surface area contributed by atoms with Crippen LogP contribution >= 0.6 is 0 Å². The van der Waals surface area contributed by atoms with Crippen LogP contribution in [-0.2, 0) is 42.7 Å². The van der Waals surface area contributed by atoms with Gasteiger partial charge in [0, 0.05) is 33.0 Å². The van der Waals surface area contributed by atoms with Crippen molar-refractivity contribution in [2.24, 2.45) is 11.8 Å². The van der Waals surface area contributed by atoms with Gasteiger partial charge in [0.1, 0.15) is 74.1 Å². The molecule has 3 aliphatic heterocycles. The van der Waals surface area contributed by atoms with E-state index in [1.165, 1.54) is 14.2 Å². The number of carbonyl (C=O) groups excluding carboxylic acids is 1. The second kappa shape index (κ2) is 17.8. The summed E-state index contributed by atoms with van der Waals surface area (Å²) in [6.45, 7) is -1.35. The third kappa shape index (κ3) is 9.05. The van der Waals surface area contributed by atoms with E-state index in [9.17, 15) is 55.5 Å². The van der Waals surface area contributed by atoms with Gasteiger partial charge in [-0.2, -0.15) is 0 Å². The van der Waals surface area contributed by atoms with E-state index in [1.54, 1.807) is 0 Å². The molecule has 20 heteroatoms. The monoisotopic (exact) mass is 757 g/mol. The van der Waals surface area contributed by atoms with E-state index < -0.39 is 148 Å². The van der Waals surface area contributed by atoms with Crippen molar-refractivity contribution < 1.29 is 98.5 Å². The molecule has 2 aliphatic carbocycles. The summed E-state index contributed by atoms with van der Waals surface area (Å²) in [6.07, 6.45) is -22.3. The Kier molecular flexibility index (Phi) is 14.2. The average molecular weight is 758 g/mol. The summed E-state index contributed by atoms with van der Waals surface area (Å²) in [7, 11) is 2.92. The zero-order valence-electron chi connectivity index (χ0n) is 28.8. The number of ether oxygens (including phenoxy) is 8. The van der Waals surface area contributed by atoms with Gasteiger partial charge in [0.15, 0.2) is 24.8 Å². The summed E-state index contributed by atoms with van der Waals surface area (Å²) in [5.41, 5.74) is 0. The zero-order chi connectivity index (χ0) is 38.0. The Bertz CT molecular complexity index is 1160.